The molecule has 1 aromatic heterocycles. The zero-order valence-electron chi connectivity index (χ0n) is 12.4. The van der Waals surface area contributed by atoms with Crippen molar-refractivity contribution in [3.05, 3.63) is 41.2 Å². The molecule has 0 saturated carbocycles. The van der Waals surface area contributed by atoms with Crippen molar-refractivity contribution >= 4 is 0 Å². The van der Waals surface area contributed by atoms with Gasteiger partial charge in [-0.15, -0.1) is 0 Å². The van der Waals surface area contributed by atoms with Crippen LogP contribution in [0.4, 0.5) is 0 Å². The largest absolute Gasteiger partial charge is 0.493 e. The Bertz CT molecular complexity index is 578. The maximum absolute atomic E-state index is 5.88. The SMILES string of the molecule is CNCc1ccc(OC)c(OCc2cc(C)nn2C)c1. The number of nitrogens with one attached hydrogen (secondary N) is 1. The molecule has 0 bridgehead atoms. The second-order valence-electron chi connectivity index (χ2n) is 4.70. The van der Waals surface area contributed by atoms with Crippen molar-refractivity contribution < 1.29 is 9.47 Å². The highest BCUT2D eigenvalue weighted by atomic mass is 16.5. The molecule has 5 nitrogen and oxygen atoms in total. The van der Waals surface area contributed by atoms with Gasteiger partial charge >= 0.3 is 0 Å². The van der Waals surface area contributed by atoms with Crippen LogP contribution in [0.15, 0.2) is 24.3 Å². The maximum atomic E-state index is 5.88. The average Bonchev–Trinajstić information content (AvgIpc) is 2.75. The first-order chi connectivity index (χ1) is 9.63. The van der Waals surface area contributed by atoms with Gasteiger partial charge in [0.25, 0.3) is 0 Å². The summed E-state index contributed by atoms with van der Waals surface area (Å²) in [6.45, 7) is 3.24. The third kappa shape index (κ3) is 3.30. The summed E-state index contributed by atoms with van der Waals surface area (Å²) in [6.07, 6.45) is 0. The maximum Gasteiger partial charge on any atom is 0.162 e. The summed E-state index contributed by atoms with van der Waals surface area (Å²) in [6, 6.07) is 7.97. The number of ether oxygens (including phenoxy) is 2. The smallest absolute Gasteiger partial charge is 0.162 e. The molecular weight excluding hydrogens is 254 g/mol. The highest BCUT2D eigenvalue weighted by Crippen LogP contribution is 2.28. The molecule has 0 aliphatic heterocycles. The van der Waals surface area contributed by atoms with Crippen LogP contribution in [-0.4, -0.2) is 23.9 Å². The first-order valence-corrected chi connectivity index (χ1v) is 6.58. The van der Waals surface area contributed by atoms with Crippen LogP contribution >= 0.6 is 0 Å². The van der Waals surface area contributed by atoms with Gasteiger partial charge in [-0.3, -0.25) is 4.68 Å². The molecular formula is C15H21N3O2. The van der Waals surface area contributed by atoms with E-state index in [9.17, 15) is 0 Å². The normalized spacial score (nSPS) is 10.6. The fraction of sp³-hybridized carbons (Fsp3) is 0.400. The summed E-state index contributed by atoms with van der Waals surface area (Å²) < 4.78 is 13.0. The van der Waals surface area contributed by atoms with Gasteiger partial charge in [0, 0.05) is 13.6 Å². The van der Waals surface area contributed by atoms with E-state index in [4.69, 9.17) is 9.47 Å². The third-order valence-corrected chi connectivity index (χ3v) is 3.08. The predicted molar refractivity (Wildman–Crippen MR) is 78.0 cm³/mol. The molecule has 2 rings (SSSR count). The fourth-order valence-electron chi connectivity index (χ4n) is 2.10. The van der Waals surface area contributed by atoms with Crippen molar-refractivity contribution in [3.63, 3.8) is 0 Å². The average molecular weight is 275 g/mol. The second kappa shape index (κ2) is 6.43. The highest BCUT2D eigenvalue weighted by Gasteiger charge is 2.08. The fourth-order valence-corrected chi connectivity index (χ4v) is 2.10. The standard InChI is InChI=1S/C15H21N3O2/c1-11-7-13(18(3)17-11)10-20-15-8-12(9-16-2)5-6-14(15)19-4/h5-8,16H,9-10H2,1-4H3. The number of benzene rings is 1. The van der Waals surface area contributed by atoms with Gasteiger partial charge in [-0.1, -0.05) is 6.07 Å². The Balaban J connectivity index is 2.14. The molecule has 0 fully saturated rings. The molecule has 0 aliphatic rings. The number of methoxy groups -OCH3 is 1. The van der Waals surface area contributed by atoms with Gasteiger partial charge < -0.3 is 14.8 Å². The van der Waals surface area contributed by atoms with Crippen molar-refractivity contribution in [2.24, 2.45) is 7.05 Å². The van der Waals surface area contributed by atoms with Crippen LogP contribution < -0.4 is 14.8 Å². The summed E-state index contributed by atoms with van der Waals surface area (Å²) >= 11 is 0. The molecule has 0 spiro atoms. The molecule has 0 unspecified atom stereocenters. The molecule has 0 saturated heterocycles. The van der Waals surface area contributed by atoms with Crippen molar-refractivity contribution in [2.45, 2.75) is 20.1 Å². The third-order valence-electron chi connectivity index (χ3n) is 3.08. The second-order valence-corrected chi connectivity index (χ2v) is 4.70. The minimum atomic E-state index is 0.469. The molecule has 0 amide bonds. The Kier molecular flexibility index (Phi) is 4.63. The van der Waals surface area contributed by atoms with E-state index in [1.807, 2.05) is 50.0 Å². The first kappa shape index (κ1) is 14.4. The first-order valence-electron chi connectivity index (χ1n) is 6.58. The van der Waals surface area contributed by atoms with Gasteiger partial charge in [0.2, 0.25) is 0 Å². The van der Waals surface area contributed by atoms with E-state index in [-0.39, 0.29) is 0 Å². The van der Waals surface area contributed by atoms with Crippen molar-refractivity contribution in [3.8, 4) is 11.5 Å². The summed E-state index contributed by atoms with van der Waals surface area (Å²) in [5.41, 5.74) is 3.18. The van der Waals surface area contributed by atoms with Crippen LogP contribution in [-0.2, 0) is 20.2 Å². The minimum absolute atomic E-state index is 0.469. The molecule has 20 heavy (non-hydrogen) atoms. The van der Waals surface area contributed by atoms with Crippen LogP contribution in [0.25, 0.3) is 0 Å². The number of hydrogen-bond donors (Lipinski definition) is 1. The van der Waals surface area contributed by atoms with Crippen molar-refractivity contribution in [2.75, 3.05) is 14.2 Å². The molecule has 1 N–H and O–H groups in total. The van der Waals surface area contributed by atoms with E-state index in [0.29, 0.717) is 6.61 Å². The van der Waals surface area contributed by atoms with E-state index in [1.165, 1.54) is 0 Å². The van der Waals surface area contributed by atoms with E-state index in [1.54, 1.807) is 7.11 Å². The van der Waals surface area contributed by atoms with Crippen LogP contribution in [0.2, 0.25) is 0 Å². The van der Waals surface area contributed by atoms with Crippen molar-refractivity contribution in [1.29, 1.82) is 0 Å². The Hall–Kier alpha value is -2.01. The van der Waals surface area contributed by atoms with Gasteiger partial charge in [-0.25, -0.2) is 0 Å². The Labute approximate surface area is 119 Å². The molecule has 0 aliphatic carbocycles. The number of aryl methyl sites for hydroxylation is 2. The van der Waals surface area contributed by atoms with Crippen LogP contribution in [0.1, 0.15) is 17.0 Å². The Morgan fingerprint density at radius 3 is 2.65 bits per heavy atom. The lowest BCUT2D eigenvalue weighted by Crippen LogP contribution is -2.07. The Morgan fingerprint density at radius 1 is 1.25 bits per heavy atom. The predicted octanol–water partition coefficient (Wildman–Crippen LogP) is 2.04. The lowest BCUT2D eigenvalue weighted by atomic mass is 10.2. The molecule has 1 aromatic carbocycles. The van der Waals surface area contributed by atoms with Gasteiger partial charge in [0.05, 0.1) is 18.5 Å². The summed E-state index contributed by atoms with van der Waals surface area (Å²) in [4.78, 5) is 0. The van der Waals surface area contributed by atoms with E-state index in [2.05, 4.69) is 10.4 Å². The zero-order valence-corrected chi connectivity index (χ0v) is 12.4. The quantitative estimate of drug-likeness (QED) is 0.876. The molecule has 5 heteroatoms. The number of aromatic nitrogens is 2. The van der Waals surface area contributed by atoms with E-state index >= 15 is 0 Å². The zero-order chi connectivity index (χ0) is 14.5. The monoisotopic (exact) mass is 275 g/mol. The van der Waals surface area contributed by atoms with E-state index in [0.717, 1.165) is 35.0 Å². The molecule has 2 aromatic rings. The van der Waals surface area contributed by atoms with Crippen molar-refractivity contribution in [1.82, 2.24) is 15.1 Å². The van der Waals surface area contributed by atoms with E-state index < -0.39 is 0 Å². The van der Waals surface area contributed by atoms with Gasteiger partial charge in [-0.05, 0) is 37.7 Å². The summed E-state index contributed by atoms with van der Waals surface area (Å²) in [7, 11) is 5.48. The molecule has 1 heterocycles. The molecule has 0 radical (unpaired) electrons. The highest BCUT2D eigenvalue weighted by molar-refractivity contribution is 5.43. The number of hydrogen-bond acceptors (Lipinski definition) is 4. The molecule has 108 valence electrons. The topological polar surface area (TPSA) is 48.3 Å². The van der Waals surface area contributed by atoms with Crippen LogP contribution in [0, 0.1) is 6.92 Å². The summed E-state index contributed by atoms with van der Waals surface area (Å²) in [5.74, 6) is 1.49. The number of rotatable bonds is 6. The molecule has 0 atom stereocenters. The summed E-state index contributed by atoms with van der Waals surface area (Å²) in [5, 5.41) is 7.43. The van der Waals surface area contributed by atoms with Crippen LogP contribution in [0.5, 0.6) is 11.5 Å². The van der Waals surface area contributed by atoms with Gasteiger partial charge in [0.15, 0.2) is 11.5 Å². The Morgan fingerprint density at radius 2 is 2.05 bits per heavy atom. The minimum Gasteiger partial charge on any atom is -0.493 e. The van der Waals surface area contributed by atoms with Gasteiger partial charge in [0.1, 0.15) is 6.61 Å². The van der Waals surface area contributed by atoms with Gasteiger partial charge in [-0.2, -0.15) is 5.10 Å². The van der Waals surface area contributed by atoms with Crippen LogP contribution in [0.3, 0.4) is 0 Å². The number of nitrogens with zero attached hydrogens (tertiary/aromatic N) is 2. The lowest BCUT2D eigenvalue weighted by molar-refractivity contribution is 0.275. The lowest BCUT2D eigenvalue weighted by Gasteiger charge is -2.12.